The van der Waals surface area contributed by atoms with Gasteiger partial charge in [0.05, 0.1) is 4.88 Å². The van der Waals surface area contributed by atoms with Gasteiger partial charge in [0.1, 0.15) is 6.10 Å². The molecule has 0 aliphatic carbocycles. The molecule has 2 nitrogen and oxygen atoms in total. The molecule has 2 unspecified atom stereocenters. The lowest BCUT2D eigenvalue weighted by Crippen LogP contribution is -2.32. The Morgan fingerprint density at radius 2 is 1.52 bits per heavy atom. The third kappa shape index (κ3) is 3.35. The van der Waals surface area contributed by atoms with E-state index in [0.29, 0.717) is 11.1 Å². The van der Waals surface area contributed by atoms with Gasteiger partial charge in [-0.3, -0.25) is 0 Å². The monoisotopic (exact) mass is 320 g/mol. The summed E-state index contributed by atoms with van der Waals surface area (Å²) in [5, 5.41) is 23.9. The summed E-state index contributed by atoms with van der Waals surface area (Å²) in [5.74, 6) is 5.85. The average molecular weight is 320 g/mol. The molecule has 0 saturated heterocycles. The Kier molecular flexibility index (Phi) is 4.59. The Morgan fingerprint density at radius 1 is 0.870 bits per heavy atom. The molecule has 0 radical (unpaired) electrons. The normalized spacial score (nSPS) is 14.3. The standard InChI is InChI=1S/C20H16O2S/c21-19(16-8-3-1-4-9-16)20(22,17-10-5-2-6-11-17)14-13-18-12-7-15-23-18/h1-12,15,19,21-22H. The van der Waals surface area contributed by atoms with Gasteiger partial charge in [-0.25, -0.2) is 0 Å². The number of aliphatic hydroxyl groups excluding tert-OH is 1. The summed E-state index contributed by atoms with van der Waals surface area (Å²) >= 11 is 1.50. The van der Waals surface area contributed by atoms with Crippen molar-refractivity contribution in [1.82, 2.24) is 0 Å². The van der Waals surface area contributed by atoms with E-state index in [4.69, 9.17) is 0 Å². The molecule has 0 fully saturated rings. The van der Waals surface area contributed by atoms with Crippen molar-refractivity contribution in [2.45, 2.75) is 11.7 Å². The van der Waals surface area contributed by atoms with Gasteiger partial charge in [0.25, 0.3) is 0 Å². The summed E-state index contributed by atoms with van der Waals surface area (Å²) in [4.78, 5) is 0.847. The molecule has 2 N–H and O–H groups in total. The molecular formula is C20H16O2S. The second-order valence-corrected chi connectivity index (χ2v) is 6.12. The van der Waals surface area contributed by atoms with Crippen LogP contribution in [0.1, 0.15) is 22.1 Å². The molecule has 0 bridgehead atoms. The van der Waals surface area contributed by atoms with Crippen molar-refractivity contribution in [3.8, 4) is 11.8 Å². The first-order chi connectivity index (χ1) is 11.2. The summed E-state index contributed by atoms with van der Waals surface area (Å²) in [6, 6.07) is 22.0. The molecule has 0 aliphatic rings. The molecule has 0 spiro atoms. The molecule has 3 aromatic rings. The van der Waals surface area contributed by atoms with Crippen LogP contribution in [0.15, 0.2) is 78.2 Å². The molecule has 3 rings (SSSR count). The molecule has 0 aliphatic heterocycles. The summed E-state index contributed by atoms with van der Waals surface area (Å²) in [6.07, 6.45) is -1.14. The van der Waals surface area contributed by atoms with Gasteiger partial charge in [0.2, 0.25) is 0 Å². The topological polar surface area (TPSA) is 40.5 Å². The summed E-state index contributed by atoms with van der Waals surface area (Å²) in [5.41, 5.74) is -0.480. The largest absolute Gasteiger partial charge is 0.384 e. The Hall–Kier alpha value is -2.38. The van der Waals surface area contributed by atoms with E-state index >= 15 is 0 Å². The van der Waals surface area contributed by atoms with Gasteiger partial charge in [0, 0.05) is 0 Å². The van der Waals surface area contributed by atoms with Crippen LogP contribution in [0.5, 0.6) is 0 Å². The highest BCUT2D eigenvalue weighted by Crippen LogP contribution is 2.34. The first kappa shape index (κ1) is 15.5. The maximum Gasteiger partial charge on any atom is 0.181 e. The van der Waals surface area contributed by atoms with Crippen molar-refractivity contribution < 1.29 is 10.2 Å². The van der Waals surface area contributed by atoms with Crippen LogP contribution in [-0.4, -0.2) is 10.2 Å². The molecule has 2 aromatic carbocycles. The van der Waals surface area contributed by atoms with E-state index < -0.39 is 11.7 Å². The zero-order valence-corrected chi connectivity index (χ0v) is 13.2. The summed E-state index contributed by atoms with van der Waals surface area (Å²) in [7, 11) is 0. The quantitative estimate of drug-likeness (QED) is 0.722. The lowest BCUT2D eigenvalue weighted by Gasteiger charge is -2.29. The minimum atomic E-state index is -1.67. The number of benzene rings is 2. The summed E-state index contributed by atoms with van der Waals surface area (Å²) < 4.78 is 0. The van der Waals surface area contributed by atoms with Gasteiger partial charge in [-0.05, 0) is 22.6 Å². The minimum Gasteiger partial charge on any atom is -0.384 e. The third-order valence-electron chi connectivity index (χ3n) is 3.62. The van der Waals surface area contributed by atoms with Gasteiger partial charge in [0.15, 0.2) is 5.60 Å². The second-order valence-electron chi connectivity index (χ2n) is 5.17. The molecule has 1 aromatic heterocycles. The highest BCUT2D eigenvalue weighted by Gasteiger charge is 2.37. The van der Waals surface area contributed by atoms with Crippen LogP contribution in [-0.2, 0) is 5.60 Å². The van der Waals surface area contributed by atoms with Gasteiger partial charge in [-0.15, -0.1) is 11.3 Å². The molecule has 0 amide bonds. The van der Waals surface area contributed by atoms with Crippen LogP contribution < -0.4 is 0 Å². The number of rotatable bonds is 3. The third-order valence-corrected chi connectivity index (χ3v) is 4.41. The predicted octanol–water partition coefficient (Wildman–Crippen LogP) is 3.72. The maximum absolute atomic E-state index is 11.2. The Bertz CT molecular complexity index is 801. The van der Waals surface area contributed by atoms with E-state index in [1.54, 1.807) is 24.3 Å². The van der Waals surface area contributed by atoms with E-state index in [0.717, 1.165) is 4.88 Å². The van der Waals surface area contributed by atoms with Crippen molar-refractivity contribution in [2.24, 2.45) is 0 Å². The van der Waals surface area contributed by atoms with Gasteiger partial charge in [-0.1, -0.05) is 78.6 Å². The van der Waals surface area contributed by atoms with E-state index in [9.17, 15) is 10.2 Å². The zero-order chi connectivity index (χ0) is 16.1. The van der Waals surface area contributed by atoms with Crippen LogP contribution in [0, 0.1) is 11.8 Å². The van der Waals surface area contributed by atoms with Crippen LogP contribution >= 0.6 is 11.3 Å². The van der Waals surface area contributed by atoms with Crippen LogP contribution in [0.2, 0.25) is 0 Å². The van der Waals surface area contributed by atoms with Crippen LogP contribution in [0.4, 0.5) is 0 Å². The van der Waals surface area contributed by atoms with E-state index in [2.05, 4.69) is 11.8 Å². The molecule has 114 valence electrons. The molecular weight excluding hydrogens is 304 g/mol. The SMILES string of the molecule is OC(c1ccccc1)C(O)(C#Cc1cccs1)c1ccccc1. The van der Waals surface area contributed by atoms with Gasteiger partial charge in [-0.2, -0.15) is 0 Å². The first-order valence-electron chi connectivity index (χ1n) is 7.28. The molecule has 2 atom stereocenters. The fourth-order valence-corrected chi connectivity index (χ4v) is 2.94. The Balaban J connectivity index is 2.07. The fraction of sp³-hybridized carbons (Fsp3) is 0.100. The first-order valence-corrected chi connectivity index (χ1v) is 8.16. The highest BCUT2D eigenvalue weighted by atomic mass is 32.1. The van der Waals surface area contributed by atoms with E-state index in [-0.39, 0.29) is 0 Å². The average Bonchev–Trinajstić information content (AvgIpc) is 3.14. The number of aliphatic hydroxyl groups is 2. The lowest BCUT2D eigenvalue weighted by molar-refractivity contribution is -0.0383. The van der Waals surface area contributed by atoms with Crippen LogP contribution in [0.3, 0.4) is 0 Å². The van der Waals surface area contributed by atoms with Crippen molar-refractivity contribution >= 4 is 11.3 Å². The van der Waals surface area contributed by atoms with Gasteiger partial charge < -0.3 is 10.2 Å². The maximum atomic E-state index is 11.2. The predicted molar refractivity (Wildman–Crippen MR) is 92.9 cm³/mol. The van der Waals surface area contributed by atoms with E-state index in [1.165, 1.54) is 11.3 Å². The molecule has 3 heteroatoms. The number of hydrogen-bond acceptors (Lipinski definition) is 3. The summed E-state index contributed by atoms with van der Waals surface area (Å²) in [6.45, 7) is 0. The zero-order valence-electron chi connectivity index (χ0n) is 12.4. The lowest BCUT2D eigenvalue weighted by atomic mass is 9.85. The van der Waals surface area contributed by atoms with Crippen molar-refractivity contribution in [2.75, 3.05) is 0 Å². The fourth-order valence-electron chi connectivity index (χ4n) is 2.37. The molecule has 1 heterocycles. The Morgan fingerprint density at radius 3 is 2.13 bits per heavy atom. The van der Waals surface area contributed by atoms with Crippen molar-refractivity contribution in [1.29, 1.82) is 0 Å². The minimum absolute atomic E-state index is 0.570. The number of hydrogen-bond donors (Lipinski definition) is 2. The smallest absolute Gasteiger partial charge is 0.181 e. The van der Waals surface area contributed by atoms with E-state index in [1.807, 2.05) is 53.9 Å². The number of thiophene rings is 1. The second kappa shape index (κ2) is 6.80. The van der Waals surface area contributed by atoms with Crippen molar-refractivity contribution in [3.05, 3.63) is 94.2 Å². The molecule has 0 saturated carbocycles. The molecule has 23 heavy (non-hydrogen) atoms. The van der Waals surface area contributed by atoms with Crippen LogP contribution in [0.25, 0.3) is 0 Å². The Labute approximate surface area is 139 Å². The van der Waals surface area contributed by atoms with Gasteiger partial charge >= 0.3 is 0 Å². The highest BCUT2D eigenvalue weighted by molar-refractivity contribution is 7.10. The van der Waals surface area contributed by atoms with Crippen molar-refractivity contribution in [3.63, 3.8) is 0 Å².